The standard InChI is InChI=1S/C16H24BrNO/c1-10-11(2)15(19-5)13(12(3)14(10)17)8-16(6-7-16)9-18-4/h18H,6-9H2,1-5H3. The number of methoxy groups -OCH3 is 1. The van der Waals surface area contributed by atoms with Crippen molar-refractivity contribution in [3.05, 3.63) is 26.7 Å². The van der Waals surface area contributed by atoms with Crippen LogP contribution < -0.4 is 10.1 Å². The SMILES string of the molecule is CNCC1(Cc2c(C)c(Br)c(C)c(C)c2OC)CC1. The van der Waals surface area contributed by atoms with Crippen LogP contribution in [0.15, 0.2) is 4.47 Å². The molecule has 1 aromatic carbocycles. The lowest BCUT2D eigenvalue weighted by Crippen LogP contribution is -2.22. The molecule has 19 heavy (non-hydrogen) atoms. The summed E-state index contributed by atoms with van der Waals surface area (Å²) >= 11 is 3.74. The molecule has 0 bridgehead atoms. The average molecular weight is 326 g/mol. The van der Waals surface area contributed by atoms with Gasteiger partial charge in [0.05, 0.1) is 7.11 Å². The number of halogens is 1. The van der Waals surface area contributed by atoms with Gasteiger partial charge in [0.25, 0.3) is 0 Å². The first kappa shape index (κ1) is 14.9. The third-order valence-electron chi connectivity index (χ3n) is 4.55. The summed E-state index contributed by atoms with van der Waals surface area (Å²) in [6, 6.07) is 0. The van der Waals surface area contributed by atoms with Gasteiger partial charge in [-0.25, -0.2) is 0 Å². The second-order valence-corrected chi connectivity index (χ2v) is 6.70. The third-order valence-corrected chi connectivity index (χ3v) is 5.74. The number of hydrogen-bond donors (Lipinski definition) is 1. The molecule has 0 atom stereocenters. The van der Waals surface area contributed by atoms with Gasteiger partial charge in [0.15, 0.2) is 0 Å². The van der Waals surface area contributed by atoms with Crippen LogP contribution in [0.2, 0.25) is 0 Å². The molecule has 0 aromatic heterocycles. The van der Waals surface area contributed by atoms with E-state index in [-0.39, 0.29) is 0 Å². The fourth-order valence-corrected chi connectivity index (χ4v) is 3.51. The van der Waals surface area contributed by atoms with E-state index in [1.807, 2.05) is 7.05 Å². The second kappa shape index (κ2) is 5.45. The van der Waals surface area contributed by atoms with Crippen molar-refractivity contribution in [3.63, 3.8) is 0 Å². The molecule has 0 saturated heterocycles. The van der Waals surface area contributed by atoms with E-state index < -0.39 is 0 Å². The Morgan fingerprint density at radius 2 is 1.79 bits per heavy atom. The molecule has 3 heteroatoms. The number of rotatable bonds is 5. The maximum atomic E-state index is 5.70. The zero-order chi connectivity index (χ0) is 14.2. The van der Waals surface area contributed by atoms with Crippen LogP contribution in [0.4, 0.5) is 0 Å². The van der Waals surface area contributed by atoms with Crippen LogP contribution in [0.3, 0.4) is 0 Å². The van der Waals surface area contributed by atoms with Crippen LogP contribution in [0.25, 0.3) is 0 Å². The van der Waals surface area contributed by atoms with E-state index in [1.165, 1.54) is 39.6 Å². The maximum absolute atomic E-state index is 5.70. The highest BCUT2D eigenvalue weighted by Gasteiger charge is 2.43. The van der Waals surface area contributed by atoms with Crippen molar-refractivity contribution in [1.29, 1.82) is 0 Å². The topological polar surface area (TPSA) is 21.3 Å². The lowest BCUT2D eigenvalue weighted by Gasteiger charge is -2.22. The van der Waals surface area contributed by atoms with Crippen LogP contribution in [0.1, 0.15) is 35.1 Å². The van der Waals surface area contributed by atoms with Gasteiger partial charge in [-0.1, -0.05) is 15.9 Å². The van der Waals surface area contributed by atoms with Crippen LogP contribution in [-0.4, -0.2) is 20.7 Å². The summed E-state index contributed by atoms with van der Waals surface area (Å²) in [7, 11) is 3.83. The minimum Gasteiger partial charge on any atom is -0.496 e. The molecule has 0 aliphatic heterocycles. The Morgan fingerprint density at radius 3 is 2.26 bits per heavy atom. The summed E-state index contributed by atoms with van der Waals surface area (Å²) < 4.78 is 6.94. The molecule has 1 aliphatic carbocycles. The van der Waals surface area contributed by atoms with Crippen LogP contribution in [0, 0.1) is 26.2 Å². The minimum atomic E-state index is 0.452. The summed E-state index contributed by atoms with van der Waals surface area (Å²) in [6.45, 7) is 7.60. The molecule has 106 valence electrons. The maximum Gasteiger partial charge on any atom is 0.125 e. The summed E-state index contributed by atoms with van der Waals surface area (Å²) in [5.74, 6) is 1.08. The zero-order valence-electron chi connectivity index (χ0n) is 12.6. The highest BCUT2D eigenvalue weighted by molar-refractivity contribution is 9.10. The van der Waals surface area contributed by atoms with Crippen molar-refractivity contribution in [1.82, 2.24) is 5.32 Å². The summed E-state index contributed by atoms with van der Waals surface area (Å²) in [5.41, 5.74) is 5.72. The predicted molar refractivity (Wildman–Crippen MR) is 84.2 cm³/mol. The van der Waals surface area contributed by atoms with Gasteiger partial charge in [-0.15, -0.1) is 0 Å². The van der Waals surface area contributed by atoms with Crippen molar-refractivity contribution < 1.29 is 4.74 Å². The molecule has 1 N–H and O–H groups in total. The quantitative estimate of drug-likeness (QED) is 0.885. The Morgan fingerprint density at radius 1 is 1.16 bits per heavy atom. The summed E-state index contributed by atoms with van der Waals surface area (Å²) in [4.78, 5) is 0. The van der Waals surface area contributed by atoms with Crippen molar-refractivity contribution in [2.75, 3.05) is 20.7 Å². The summed E-state index contributed by atoms with van der Waals surface area (Å²) in [6.07, 6.45) is 3.75. The molecule has 0 amide bonds. The Balaban J connectivity index is 2.44. The molecule has 0 heterocycles. The van der Waals surface area contributed by atoms with Crippen LogP contribution in [-0.2, 0) is 6.42 Å². The van der Waals surface area contributed by atoms with Gasteiger partial charge in [-0.3, -0.25) is 0 Å². The predicted octanol–water partition coefficient (Wildman–Crippen LogP) is 3.93. The van der Waals surface area contributed by atoms with E-state index in [4.69, 9.17) is 4.74 Å². The number of nitrogens with one attached hydrogen (secondary N) is 1. The van der Waals surface area contributed by atoms with Crippen molar-refractivity contribution in [3.8, 4) is 5.75 Å². The lowest BCUT2D eigenvalue weighted by atomic mass is 9.89. The van der Waals surface area contributed by atoms with Gasteiger partial charge >= 0.3 is 0 Å². The van der Waals surface area contributed by atoms with Gasteiger partial charge in [-0.05, 0) is 74.8 Å². The number of ether oxygens (including phenoxy) is 1. The van der Waals surface area contributed by atoms with E-state index in [2.05, 4.69) is 42.0 Å². The van der Waals surface area contributed by atoms with Crippen LogP contribution in [0.5, 0.6) is 5.75 Å². The first-order valence-corrected chi connectivity index (χ1v) is 7.72. The largest absolute Gasteiger partial charge is 0.496 e. The van der Waals surface area contributed by atoms with Gasteiger partial charge in [-0.2, -0.15) is 0 Å². The first-order valence-electron chi connectivity index (χ1n) is 6.92. The third kappa shape index (κ3) is 2.68. The Kier molecular flexibility index (Phi) is 4.26. The molecule has 1 fully saturated rings. The van der Waals surface area contributed by atoms with E-state index in [9.17, 15) is 0 Å². The smallest absolute Gasteiger partial charge is 0.125 e. The lowest BCUT2D eigenvalue weighted by molar-refractivity contribution is 0.395. The van der Waals surface area contributed by atoms with E-state index in [1.54, 1.807) is 7.11 Å². The van der Waals surface area contributed by atoms with Gasteiger partial charge in [0.2, 0.25) is 0 Å². The van der Waals surface area contributed by atoms with Crippen LogP contribution >= 0.6 is 15.9 Å². The fourth-order valence-electron chi connectivity index (χ4n) is 2.98. The minimum absolute atomic E-state index is 0.452. The molecule has 1 aliphatic rings. The number of hydrogen-bond acceptors (Lipinski definition) is 2. The molecule has 0 unspecified atom stereocenters. The highest BCUT2D eigenvalue weighted by Crippen LogP contribution is 2.50. The second-order valence-electron chi connectivity index (χ2n) is 5.91. The Hall–Kier alpha value is -0.540. The average Bonchev–Trinajstić information content (AvgIpc) is 3.14. The normalized spacial score (nSPS) is 16.5. The molecule has 0 radical (unpaired) electrons. The van der Waals surface area contributed by atoms with E-state index in [0.29, 0.717) is 5.41 Å². The van der Waals surface area contributed by atoms with Crippen molar-refractivity contribution in [2.24, 2.45) is 5.41 Å². The molecule has 2 nitrogen and oxygen atoms in total. The van der Waals surface area contributed by atoms with E-state index >= 15 is 0 Å². The van der Waals surface area contributed by atoms with Gasteiger partial charge in [0, 0.05) is 11.0 Å². The molecule has 1 aromatic rings. The number of benzene rings is 1. The monoisotopic (exact) mass is 325 g/mol. The molecular weight excluding hydrogens is 302 g/mol. The molecule has 1 saturated carbocycles. The van der Waals surface area contributed by atoms with Crippen molar-refractivity contribution >= 4 is 15.9 Å². The van der Waals surface area contributed by atoms with Crippen molar-refractivity contribution in [2.45, 2.75) is 40.0 Å². The van der Waals surface area contributed by atoms with E-state index in [0.717, 1.165) is 18.7 Å². The fraction of sp³-hybridized carbons (Fsp3) is 0.625. The molecule has 2 rings (SSSR count). The highest BCUT2D eigenvalue weighted by atomic mass is 79.9. The molecule has 0 spiro atoms. The molecular formula is C16H24BrNO. The Labute approximate surface area is 125 Å². The van der Waals surface area contributed by atoms with Gasteiger partial charge < -0.3 is 10.1 Å². The first-order chi connectivity index (χ1) is 8.95. The zero-order valence-corrected chi connectivity index (χ0v) is 14.2. The summed E-state index contributed by atoms with van der Waals surface area (Å²) in [5, 5.41) is 3.34. The Bertz CT molecular complexity index is 492. The van der Waals surface area contributed by atoms with Gasteiger partial charge in [0.1, 0.15) is 5.75 Å².